The van der Waals surface area contributed by atoms with Crippen molar-refractivity contribution in [1.82, 2.24) is 10.3 Å². The van der Waals surface area contributed by atoms with Crippen molar-refractivity contribution in [2.75, 3.05) is 0 Å². The van der Waals surface area contributed by atoms with Gasteiger partial charge in [0.05, 0.1) is 11.3 Å². The maximum absolute atomic E-state index is 10.7. The fourth-order valence-electron chi connectivity index (χ4n) is 2.51. The van der Waals surface area contributed by atoms with Crippen LogP contribution in [0.3, 0.4) is 0 Å². The fourth-order valence-corrected chi connectivity index (χ4v) is 2.51. The first kappa shape index (κ1) is 13.0. The molecule has 1 aliphatic carbocycles. The first-order valence-corrected chi connectivity index (χ1v) is 6.58. The number of carboxylic acid groups (broad SMARTS) is 1. The van der Waals surface area contributed by atoms with Crippen molar-refractivity contribution >= 4 is 5.97 Å². The second-order valence-corrected chi connectivity index (χ2v) is 5.09. The first-order valence-electron chi connectivity index (χ1n) is 6.58. The Morgan fingerprint density at radius 2 is 2.22 bits per heavy atom. The molecule has 0 saturated heterocycles. The zero-order valence-electron chi connectivity index (χ0n) is 10.7. The molecule has 2 unspecified atom stereocenters. The molecule has 0 amide bonds. The van der Waals surface area contributed by atoms with Crippen LogP contribution in [0.1, 0.15) is 48.7 Å². The van der Waals surface area contributed by atoms with Crippen molar-refractivity contribution in [2.45, 2.75) is 45.2 Å². The van der Waals surface area contributed by atoms with Crippen molar-refractivity contribution in [3.63, 3.8) is 0 Å². The zero-order chi connectivity index (χ0) is 13.0. The van der Waals surface area contributed by atoms with E-state index in [0.29, 0.717) is 6.04 Å². The Labute approximate surface area is 107 Å². The average Bonchev–Trinajstić information content (AvgIpc) is 2.38. The molecule has 1 aromatic rings. The quantitative estimate of drug-likeness (QED) is 0.859. The minimum atomic E-state index is -0.928. The Morgan fingerprint density at radius 3 is 2.83 bits per heavy atom. The molecule has 2 rings (SSSR count). The molecule has 0 aliphatic heterocycles. The third kappa shape index (κ3) is 3.29. The number of rotatable bonds is 4. The number of hydrogen-bond acceptors (Lipinski definition) is 3. The number of nitrogens with one attached hydrogen (secondary N) is 1. The maximum atomic E-state index is 10.7. The van der Waals surface area contributed by atoms with Crippen LogP contribution in [0.5, 0.6) is 0 Å². The smallest absolute Gasteiger partial charge is 0.337 e. The summed E-state index contributed by atoms with van der Waals surface area (Å²) in [7, 11) is 0. The number of carbonyl (C=O) groups is 1. The van der Waals surface area contributed by atoms with Gasteiger partial charge in [-0.25, -0.2) is 4.79 Å². The van der Waals surface area contributed by atoms with E-state index in [1.54, 1.807) is 12.1 Å². The number of carboxylic acids is 1. The van der Waals surface area contributed by atoms with Gasteiger partial charge in [0.2, 0.25) is 0 Å². The normalized spacial score (nSPS) is 23.8. The topological polar surface area (TPSA) is 62.2 Å². The Bertz CT molecular complexity index is 403. The molecule has 0 radical (unpaired) electrons. The molecular weight excluding hydrogens is 228 g/mol. The van der Waals surface area contributed by atoms with Gasteiger partial charge in [-0.3, -0.25) is 4.98 Å². The molecule has 18 heavy (non-hydrogen) atoms. The van der Waals surface area contributed by atoms with E-state index in [0.717, 1.165) is 18.2 Å². The van der Waals surface area contributed by atoms with Crippen LogP contribution in [0.25, 0.3) is 0 Å². The standard InChI is InChI=1S/C14H20N2O2/c1-10-4-2-3-5-13(10)16-9-12-7-6-11(8-15-12)14(17)18/h6-8,10,13,16H,2-5,9H2,1H3,(H,17,18). The molecule has 98 valence electrons. The molecule has 4 heteroatoms. The van der Waals surface area contributed by atoms with E-state index in [1.807, 2.05) is 0 Å². The van der Waals surface area contributed by atoms with Crippen LogP contribution in [0.2, 0.25) is 0 Å². The fraction of sp³-hybridized carbons (Fsp3) is 0.571. The maximum Gasteiger partial charge on any atom is 0.337 e. The zero-order valence-corrected chi connectivity index (χ0v) is 10.7. The Balaban J connectivity index is 1.87. The highest BCUT2D eigenvalue weighted by Crippen LogP contribution is 2.23. The lowest BCUT2D eigenvalue weighted by molar-refractivity contribution is 0.0696. The number of nitrogens with zero attached hydrogens (tertiary/aromatic N) is 1. The minimum absolute atomic E-state index is 0.241. The highest BCUT2D eigenvalue weighted by Gasteiger charge is 2.20. The van der Waals surface area contributed by atoms with Gasteiger partial charge in [-0.2, -0.15) is 0 Å². The van der Waals surface area contributed by atoms with Crippen molar-refractivity contribution < 1.29 is 9.90 Å². The molecule has 1 heterocycles. The Hall–Kier alpha value is -1.42. The van der Waals surface area contributed by atoms with Crippen molar-refractivity contribution in [3.05, 3.63) is 29.6 Å². The lowest BCUT2D eigenvalue weighted by atomic mass is 9.86. The van der Waals surface area contributed by atoms with Gasteiger partial charge >= 0.3 is 5.97 Å². The van der Waals surface area contributed by atoms with E-state index >= 15 is 0 Å². The third-order valence-corrected chi connectivity index (χ3v) is 3.73. The van der Waals surface area contributed by atoms with Crippen LogP contribution in [-0.4, -0.2) is 22.1 Å². The van der Waals surface area contributed by atoms with Gasteiger partial charge in [-0.1, -0.05) is 19.8 Å². The molecule has 0 spiro atoms. The summed E-state index contributed by atoms with van der Waals surface area (Å²) in [5.41, 5.74) is 1.14. The molecule has 0 aromatic carbocycles. The van der Waals surface area contributed by atoms with Crippen LogP contribution in [-0.2, 0) is 6.54 Å². The second kappa shape index (κ2) is 5.96. The summed E-state index contributed by atoms with van der Waals surface area (Å²) >= 11 is 0. The molecule has 2 N–H and O–H groups in total. The summed E-state index contributed by atoms with van der Waals surface area (Å²) in [5, 5.41) is 12.3. The highest BCUT2D eigenvalue weighted by atomic mass is 16.4. The Morgan fingerprint density at radius 1 is 1.44 bits per heavy atom. The van der Waals surface area contributed by atoms with Gasteiger partial charge in [-0.05, 0) is 30.9 Å². The number of aromatic nitrogens is 1. The van der Waals surface area contributed by atoms with E-state index in [-0.39, 0.29) is 5.56 Å². The van der Waals surface area contributed by atoms with Gasteiger partial charge in [-0.15, -0.1) is 0 Å². The lowest BCUT2D eigenvalue weighted by Gasteiger charge is -2.29. The SMILES string of the molecule is CC1CCCCC1NCc1ccc(C(=O)O)cn1. The molecule has 2 atom stereocenters. The van der Waals surface area contributed by atoms with Crippen molar-refractivity contribution in [1.29, 1.82) is 0 Å². The van der Waals surface area contributed by atoms with Crippen LogP contribution < -0.4 is 5.32 Å². The highest BCUT2D eigenvalue weighted by molar-refractivity contribution is 5.87. The summed E-state index contributed by atoms with van der Waals surface area (Å²) in [6.07, 6.45) is 6.58. The largest absolute Gasteiger partial charge is 0.478 e. The van der Waals surface area contributed by atoms with E-state index in [2.05, 4.69) is 17.2 Å². The van der Waals surface area contributed by atoms with Gasteiger partial charge in [0.25, 0.3) is 0 Å². The van der Waals surface area contributed by atoms with Crippen LogP contribution in [0.15, 0.2) is 18.3 Å². The number of hydrogen-bond donors (Lipinski definition) is 2. The third-order valence-electron chi connectivity index (χ3n) is 3.73. The van der Waals surface area contributed by atoms with Gasteiger partial charge in [0.15, 0.2) is 0 Å². The molecule has 1 fully saturated rings. The summed E-state index contributed by atoms with van der Waals surface area (Å²) in [4.78, 5) is 14.9. The minimum Gasteiger partial charge on any atom is -0.478 e. The lowest BCUT2D eigenvalue weighted by Crippen LogP contribution is -2.36. The van der Waals surface area contributed by atoms with Gasteiger partial charge < -0.3 is 10.4 Å². The number of aromatic carboxylic acids is 1. The van der Waals surface area contributed by atoms with E-state index in [1.165, 1.54) is 31.9 Å². The molecule has 1 saturated carbocycles. The van der Waals surface area contributed by atoms with Crippen LogP contribution in [0, 0.1) is 5.92 Å². The summed E-state index contributed by atoms with van der Waals surface area (Å²) in [6, 6.07) is 3.96. The summed E-state index contributed by atoms with van der Waals surface area (Å²) in [5.74, 6) is -0.208. The van der Waals surface area contributed by atoms with Crippen LogP contribution >= 0.6 is 0 Å². The molecular formula is C14H20N2O2. The molecule has 1 aliphatic rings. The summed E-state index contributed by atoms with van der Waals surface area (Å²) < 4.78 is 0. The first-order chi connectivity index (χ1) is 8.66. The monoisotopic (exact) mass is 248 g/mol. The summed E-state index contributed by atoms with van der Waals surface area (Å²) in [6.45, 7) is 3.01. The molecule has 1 aromatic heterocycles. The van der Waals surface area contributed by atoms with Gasteiger partial charge in [0, 0.05) is 18.8 Å². The average molecular weight is 248 g/mol. The van der Waals surface area contributed by atoms with E-state index in [4.69, 9.17) is 5.11 Å². The van der Waals surface area contributed by atoms with Crippen molar-refractivity contribution in [3.8, 4) is 0 Å². The second-order valence-electron chi connectivity index (χ2n) is 5.09. The van der Waals surface area contributed by atoms with Crippen LogP contribution in [0.4, 0.5) is 0 Å². The van der Waals surface area contributed by atoms with E-state index < -0.39 is 5.97 Å². The number of pyridine rings is 1. The van der Waals surface area contributed by atoms with E-state index in [9.17, 15) is 4.79 Å². The predicted molar refractivity (Wildman–Crippen MR) is 69.5 cm³/mol. The molecule has 4 nitrogen and oxygen atoms in total. The predicted octanol–water partition coefficient (Wildman–Crippen LogP) is 2.45. The van der Waals surface area contributed by atoms with Crippen molar-refractivity contribution in [2.24, 2.45) is 5.92 Å². The van der Waals surface area contributed by atoms with Gasteiger partial charge in [0.1, 0.15) is 0 Å². The Kier molecular flexibility index (Phi) is 4.31. The molecule has 0 bridgehead atoms.